The fraction of sp³-hybridized carbons (Fsp3) is 0.571. The van der Waals surface area contributed by atoms with E-state index < -0.39 is 4.92 Å². The highest BCUT2D eigenvalue weighted by molar-refractivity contribution is 5.93. The Hall–Kier alpha value is -2.18. The smallest absolute Gasteiger partial charge is 0.300 e. The van der Waals surface area contributed by atoms with Crippen molar-refractivity contribution in [1.29, 1.82) is 0 Å². The summed E-state index contributed by atoms with van der Waals surface area (Å²) in [6, 6.07) is 3.69. The van der Waals surface area contributed by atoms with Gasteiger partial charge in [-0.25, -0.2) is 4.63 Å². The zero-order valence-electron chi connectivity index (χ0n) is 11.2. The van der Waals surface area contributed by atoms with Crippen molar-refractivity contribution in [2.45, 2.75) is 25.3 Å². The van der Waals surface area contributed by atoms with Crippen LogP contribution in [0.4, 0.5) is 11.4 Å². The number of nitro groups is 1. The molecule has 7 nitrogen and oxygen atoms in total. The molecule has 0 amide bonds. The Bertz CT molecular complexity index is 742. The highest BCUT2D eigenvalue weighted by Crippen LogP contribution is 2.66. The van der Waals surface area contributed by atoms with Crippen LogP contribution in [0.2, 0.25) is 0 Å². The van der Waals surface area contributed by atoms with Gasteiger partial charge in [0.2, 0.25) is 5.52 Å². The molecule has 7 heteroatoms. The van der Waals surface area contributed by atoms with E-state index in [1.54, 1.807) is 6.07 Å². The SMILES string of the molecule is O=[N+]([O-])c1ccc(NC2C3C4CCC(C4)C23)c2nonc12. The molecule has 1 aromatic heterocycles. The van der Waals surface area contributed by atoms with Crippen molar-refractivity contribution in [3.05, 3.63) is 22.2 Å². The molecule has 1 heterocycles. The molecule has 2 bridgehead atoms. The van der Waals surface area contributed by atoms with E-state index in [0.717, 1.165) is 29.4 Å². The van der Waals surface area contributed by atoms with Crippen LogP contribution in [0.1, 0.15) is 19.3 Å². The number of rotatable bonds is 3. The van der Waals surface area contributed by atoms with Crippen molar-refractivity contribution < 1.29 is 9.55 Å². The number of aromatic nitrogens is 2. The van der Waals surface area contributed by atoms with Gasteiger partial charge in [-0.1, -0.05) is 0 Å². The highest BCUT2D eigenvalue weighted by atomic mass is 16.6. The van der Waals surface area contributed by atoms with E-state index in [9.17, 15) is 10.1 Å². The number of nitrogens with one attached hydrogen (secondary N) is 1. The molecule has 108 valence electrons. The molecule has 0 aliphatic heterocycles. The summed E-state index contributed by atoms with van der Waals surface area (Å²) in [6.07, 6.45) is 4.13. The average molecular weight is 286 g/mol. The maximum atomic E-state index is 11.0. The van der Waals surface area contributed by atoms with E-state index >= 15 is 0 Å². The molecular formula is C14H14N4O3. The number of benzene rings is 1. The topological polar surface area (TPSA) is 94.1 Å². The third-order valence-corrected chi connectivity index (χ3v) is 5.65. The molecule has 5 rings (SSSR count). The monoisotopic (exact) mass is 286 g/mol. The minimum Gasteiger partial charge on any atom is -0.380 e. The third-order valence-electron chi connectivity index (χ3n) is 5.65. The number of hydrogen-bond acceptors (Lipinski definition) is 6. The molecule has 2 aromatic rings. The van der Waals surface area contributed by atoms with E-state index in [4.69, 9.17) is 4.63 Å². The van der Waals surface area contributed by atoms with Gasteiger partial charge in [-0.3, -0.25) is 10.1 Å². The zero-order chi connectivity index (χ0) is 14.1. The van der Waals surface area contributed by atoms with Gasteiger partial charge >= 0.3 is 5.69 Å². The van der Waals surface area contributed by atoms with E-state index in [1.807, 2.05) is 0 Å². The largest absolute Gasteiger partial charge is 0.380 e. The summed E-state index contributed by atoms with van der Waals surface area (Å²) in [7, 11) is 0. The Morgan fingerprint density at radius 2 is 1.90 bits per heavy atom. The van der Waals surface area contributed by atoms with Crippen molar-refractivity contribution in [3.8, 4) is 0 Å². The zero-order valence-corrected chi connectivity index (χ0v) is 11.2. The van der Waals surface area contributed by atoms with Crippen LogP contribution in [0.25, 0.3) is 11.0 Å². The first-order valence-corrected chi connectivity index (χ1v) is 7.40. The lowest BCUT2D eigenvalue weighted by atomic mass is 10.0. The average Bonchev–Trinajstić information content (AvgIpc) is 2.93. The Morgan fingerprint density at radius 3 is 2.62 bits per heavy atom. The van der Waals surface area contributed by atoms with Crippen LogP contribution in [0.3, 0.4) is 0 Å². The lowest BCUT2D eigenvalue weighted by molar-refractivity contribution is -0.383. The predicted octanol–water partition coefficient (Wildman–Crippen LogP) is 2.59. The van der Waals surface area contributed by atoms with Crippen LogP contribution >= 0.6 is 0 Å². The minimum absolute atomic E-state index is 0.0622. The van der Waals surface area contributed by atoms with Crippen LogP contribution in [0.15, 0.2) is 16.8 Å². The molecule has 0 saturated heterocycles. The second-order valence-electron chi connectivity index (χ2n) is 6.51. The standard InChI is InChI=1S/C14H14N4O3/c19-18(20)9-4-3-8(12-13(9)17-21-16-12)15-14-10-6-1-2-7(5-6)11(10)14/h3-4,6-7,10-11,14-15H,1-2,5H2. The Balaban J connectivity index is 1.48. The van der Waals surface area contributed by atoms with Crippen LogP contribution in [0, 0.1) is 33.8 Å². The van der Waals surface area contributed by atoms with E-state index in [0.29, 0.717) is 11.6 Å². The molecule has 0 spiro atoms. The molecule has 3 fully saturated rings. The number of nitrogens with zero attached hydrogens (tertiary/aromatic N) is 3. The van der Waals surface area contributed by atoms with Crippen molar-refractivity contribution >= 4 is 22.4 Å². The van der Waals surface area contributed by atoms with Gasteiger partial charge in [-0.15, -0.1) is 0 Å². The lowest BCUT2D eigenvalue weighted by Crippen LogP contribution is -2.13. The van der Waals surface area contributed by atoms with E-state index in [-0.39, 0.29) is 11.2 Å². The summed E-state index contributed by atoms with van der Waals surface area (Å²) >= 11 is 0. The van der Waals surface area contributed by atoms with Gasteiger partial charge in [0, 0.05) is 12.1 Å². The molecule has 1 aromatic carbocycles. The maximum absolute atomic E-state index is 11.0. The van der Waals surface area contributed by atoms with Gasteiger partial charge < -0.3 is 5.32 Å². The first kappa shape index (κ1) is 11.5. The molecule has 4 unspecified atom stereocenters. The van der Waals surface area contributed by atoms with Crippen LogP contribution in [-0.2, 0) is 0 Å². The summed E-state index contributed by atoms with van der Waals surface area (Å²) in [5, 5.41) is 22.0. The van der Waals surface area contributed by atoms with Gasteiger partial charge in [0.25, 0.3) is 0 Å². The highest BCUT2D eigenvalue weighted by Gasteiger charge is 2.65. The van der Waals surface area contributed by atoms with Gasteiger partial charge in [-0.05, 0) is 59.3 Å². The van der Waals surface area contributed by atoms with Crippen LogP contribution in [0.5, 0.6) is 0 Å². The van der Waals surface area contributed by atoms with E-state index in [2.05, 4.69) is 15.6 Å². The Labute approximate surface area is 119 Å². The second kappa shape index (κ2) is 3.72. The van der Waals surface area contributed by atoms with Gasteiger partial charge in [-0.2, -0.15) is 0 Å². The first-order chi connectivity index (χ1) is 10.2. The first-order valence-electron chi connectivity index (χ1n) is 7.40. The van der Waals surface area contributed by atoms with Crippen LogP contribution in [-0.4, -0.2) is 21.3 Å². The number of hydrogen-bond donors (Lipinski definition) is 1. The second-order valence-corrected chi connectivity index (χ2v) is 6.51. The third kappa shape index (κ3) is 1.43. The molecule has 21 heavy (non-hydrogen) atoms. The summed E-state index contributed by atoms with van der Waals surface area (Å²) in [5.74, 6) is 3.32. The normalized spacial score (nSPS) is 35.9. The molecule has 1 N–H and O–H groups in total. The minimum atomic E-state index is -0.456. The van der Waals surface area contributed by atoms with E-state index in [1.165, 1.54) is 25.3 Å². The molecule has 3 aliphatic carbocycles. The Morgan fingerprint density at radius 1 is 1.19 bits per heavy atom. The molecular weight excluding hydrogens is 272 g/mol. The number of nitro benzene ring substituents is 1. The Kier molecular flexibility index (Phi) is 2.03. The predicted molar refractivity (Wildman–Crippen MR) is 73.7 cm³/mol. The number of fused-ring (bicyclic) bond motifs is 6. The molecule has 3 saturated carbocycles. The van der Waals surface area contributed by atoms with Gasteiger partial charge in [0.15, 0.2) is 5.52 Å². The maximum Gasteiger partial charge on any atom is 0.300 e. The van der Waals surface area contributed by atoms with Crippen LogP contribution < -0.4 is 5.32 Å². The van der Waals surface area contributed by atoms with Gasteiger partial charge in [0.1, 0.15) is 0 Å². The van der Waals surface area contributed by atoms with Crippen molar-refractivity contribution in [3.63, 3.8) is 0 Å². The summed E-state index contributed by atoms with van der Waals surface area (Å²) in [6.45, 7) is 0. The summed E-state index contributed by atoms with van der Waals surface area (Å²) < 4.78 is 4.70. The fourth-order valence-electron chi connectivity index (χ4n) is 4.82. The van der Waals surface area contributed by atoms with Crippen molar-refractivity contribution in [2.24, 2.45) is 23.7 Å². The summed E-state index contributed by atoms with van der Waals surface area (Å²) in [4.78, 5) is 10.5. The van der Waals surface area contributed by atoms with Crippen molar-refractivity contribution in [1.82, 2.24) is 10.3 Å². The summed E-state index contributed by atoms with van der Waals surface area (Å²) in [5.41, 5.74) is 1.42. The molecule has 3 aliphatic rings. The molecule has 4 atom stereocenters. The number of non-ortho nitro benzene ring substituents is 1. The lowest BCUT2D eigenvalue weighted by Gasteiger charge is -2.11. The molecule has 0 radical (unpaired) electrons. The van der Waals surface area contributed by atoms with Gasteiger partial charge in [0.05, 0.1) is 10.6 Å². The quantitative estimate of drug-likeness (QED) is 0.688. The van der Waals surface area contributed by atoms with Crippen molar-refractivity contribution in [2.75, 3.05) is 5.32 Å². The fourth-order valence-corrected chi connectivity index (χ4v) is 4.82. The number of anilines is 1.